The van der Waals surface area contributed by atoms with Crippen LogP contribution >= 0.6 is 0 Å². The minimum Gasteiger partial charge on any atom is -0.313 e. The van der Waals surface area contributed by atoms with Crippen LogP contribution in [0.2, 0.25) is 0 Å². The predicted octanol–water partition coefficient (Wildman–Crippen LogP) is 3.57. The molecule has 2 saturated carbocycles. The van der Waals surface area contributed by atoms with Crippen molar-refractivity contribution in [2.75, 3.05) is 19.6 Å². The number of hydrogen-bond acceptors (Lipinski definition) is 2. The fraction of sp³-hybridized carbons (Fsp3) is 1.00. The van der Waals surface area contributed by atoms with E-state index >= 15 is 0 Å². The van der Waals surface area contributed by atoms with E-state index in [4.69, 9.17) is 0 Å². The average Bonchev–Trinajstić information content (AvgIpc) is 3.05. The van der Waals surface area contributed by atoms with Crippen LogP contribution in [-0.4, -0.2) is 42.8 Å². The third-order valence-corrected chi connectivity index (χ3v) is 4.66. The second-order valence-electron chi connectivity index (χ2n) is 6.98. The van der Waals surface area contributed by atoms with Crippen LogP contribution < -0.4 is 5.32 Å². The van der Waals surface area contributed by atoms with Gasteiger partial charge in [0, 0.05) is 25.2 Å². The SMILES string of the molecule is CC(C)N(CC(F)(F)F)CC1(CNC2CC2)CCCC1. The van der Waals surface area contributed by atoms with Crippen LogP contribution in [0.3, 0.4) is 0 Å². The largest absolute Gasteiger partial charge is 0.401 e. The molecule has 0 aromatic rings. The van der Waals surface area contributed by atoms with Crippen LogP contribution in [0.5, 0.6) is 0 Å². The summed E-state index contributed by atoms with van der Waals surface area (Å²) in [5, 5.41) is 3.54. The summed E-state index contributed by atoms with van der Waals surface area (Å²) >= 11 is 0. The molecule has 2 aliphatic carbocycles. The first-order valence-electron chi connectivity index (χ1n) is 7.84. The van der Waals surface area contributed by atoms with E-state index in [-0.39, 0.29) is 11.5 Å². The Morgan fingerprint density at radius 3 is 2.25 bits per heavy atom. The normalized spacial score (nSPS) is 22.9. The molecule has 0 bridgehead atoms. The summed E-state index contributed by atoms with van der Waals surface area (Å²) in [7, 11) is 0. The molecule has 20 heavy (non-hydrogen) atoms. The van der Waals surface area contributed by atoms with Crippen molar-refractivity contribution in [3.05, 3.63) is 0 Å². The van der Waals surface area contributed by atoms with Gasteiger partial charge in [0.15, 0.2) is 0 Å². The number of hydrogen-bond donors (Lipinski definition) is 1. The molecule has 2 aliphatic rings. The topological polar surface area (TPSA) is 15.3 Å². The minimum absolute atomic E-state index is 0.0537. The maximum absolute atomic E-state index is 12.7. The number of rotatable bonds is 7. The molecule has 0 aromatic heterocycles. The first-order chi connectivity index (χ1) is 9.30. The van der Waals surface area contributed by atoms with Crippen LogP contribution in [-0.2, 0) is 0 Å². The molecule has 0 spiro atoms. The molecule has 0 radical (unpaired) electrons. The van der Waals surface area contributed by atoms with E-state index in [1.54, 1.807) is 4.90 Å². The molecule has 2 nitrogen and oxygen atoms in total. The van der Waals surface area contributed by atoms with Gasteiger partial charge in [-0.15, -0.1) is 0 Å². The number of nitrogens with one attached hydrogen (secondary N) is 1. The number of alkyl halides is 3. The van der Waals surface area contributed by atoms with Crippen molar-refractivity contribution in [3.63, 3.8) is 0 Å². The molecule has 2 fully saturated rings. The molecule has 2 rings (SSSR count). The zero-order valence-corrected chi connectivity index (χ0v) is 12.6. The second-order valence-corrected chi connectivity index (χ2v) is 6.98. The van der Waals surface area contributed by atoms with Crippen LogP contribution in [0.25, 0.3) is 0 Å². The lowest BCUT2D eigenvalue weighted by atomic mass is 9.85. The van der Waals surface area contributed by atoms with Gasteiger partial charge in [-0.2, -0.15) is 13.2 Å². The Morgan fingerprint density at radius 2 is 1.80 bits per heavy atom. The molecular weight excluding hydrogens is 265 g/mol. The Morgan fingerprint density at radius 1 is 1.20 bits per heavy atom. The van der Waals surface area contributed by atoms with Gasteiger partial charge in [-0.1, -0.05) is 12.8 Å². The van der Waals surface area contributed by atoms with E-state index in [1.165, 1.54) is 12.8 Å². The average molecular weight is 292 g/mol. The number of nitrogens with zero attached hydrogens (tertiary/aromatic N) is 1. The molecule has 0 aliphatic heterocycles. The van der Waals surface area contributed by atoms with Gasteiger partial charge in [0.25, 0.3) is 0 Å². The zero-order chi connectivity index (χ0) is 14.8. The zero-order valence-electron chi connectivity index (χ0n) is 12.6. The number of halogens is 3. The maximum atomic E-state index is 12.7. The van der Waals surface area contributed by atoms with E-state index in [2.05, 4.69) is 5.32 Å². The first-order valence-corrected chi connectivity index (χ1v) is 7.84. The van der Waals surface area contributed by atoms with Gasteiger partial charge in [0.2, 0.25) is 0 Å². The van der Waals surface area contributed by atoms with Crippen molar-refractivity contribution in [3.8, 4) is 0 Å². The smallest absolute Gasteiger partial charge is 0.313 e. The van der Waals surface area contributed by atoms with E-state index in [0.29, 0.717) is 12.6 Å². The van der Waals surface area contributed by atoms with Gasteiger partial charge in [0.1, 0.15) is 0 Å². The van der Waals surface area contributed by atoms with Crippen molar-refractivity contribution in [2.24, 2.45) is 5.41 Å². The highest BCUT2D eigenvalue weighted by atomic mass is 19.4. The summed E-state index contributed by atoms with van der Waals surface area (Å²) in [4.78, 5) is 1.61. The highest BCUT2D eigenvalue weighted by Gasteiger charge is 2.40. The van der Waals surface area contributed by atoms with Crippen LogP contribution in [0.4, 0.5) is 13.2 Å². The van der Waals surface area contributed by atoms with Crippen molar-refractivity contribution in [1.82, 2.24) is 10.2 Å². The molecule has 0 unspecified atom stereocenters. The molecule has 118 valence electrons. The van der Waals surface area contributed by atoms with Gasteiger partial charge in [-0.05, 0) is 44.9 Å². The molecule has 5 heteroatoms. The molecule has 0 amide bonds. The van der Waals surface area contributed by atoms with Crippen molar-refractivity contribution in [2.45, 2.75) is 70.6 Å². The Kier molecular flexibility index (Phi) is 5.00. The van der Waals surface area contributed by atoms with Crippen molar-refractivity contribution < 1.29 is 13.2 Å². The fourth-order valence-corrected chi connectivity index (χ4v) is 3.25. The second kappa shape index (κ2) is 6.22. The lowest BCUT2D eigenvalue weighted by Crippen LogP contribution is -2.48. The minimum atomic E-state index is -4.10. The van der Waals surface area contributed by atoms with Gasteiger partial charge in [0.05, 0.1) is 6.54 Å². The highest BCUT2D eigenvalue weighted by molar-refractivity contribution is 4.93. The van der Waals surface area contributed by atoms with Crippen LogP contribution in [0.1, 0.15) is 52.4 Å². The summed E-state index contributed by atoms with van der Waals surface area (Å²) in [6.45, 7) is 4.41. The quantitative estimate of drug-likeness (QED) is 0.771. The third-order valence-electron chi connectivity index (χ3n) is 4.66. The van der Waals surface area contributed by atoms with Gasteiger partial charge in [-0.25, -0.2) is 0 Å². The first kappa shape index (κ1) is 16.1. The predicted molar refractivity (Wildman–Crippen MR) is 74.7 cm³/mol. The van der Waals surface area contributed by atoms with E-state index in [0.717, 1.165) is 32.2 Å². The Balaban J connectivity index is 1.96. The monoisotopic (exact) mass is 292 g/mol. The molecule has 1 N–H and O–H groups in total. The van der Waals surface area contributed by atoms with Crippen LogP contribution in [0, 0.1) is 5.41 Å². The standard InChI is InChI=1S/C15H27F3N2/c1-12(2)20(11-15(16,17)18)10-14(7-3-4-8-14)9-19-13-5-6-13/h12-13,19H,3-11H2,1-2H3. The maximum Gasteiger partial charge on any atom is 0.401 e. The van der Waals surface area contributed by atoms with Gasteiger partial charge >= 0.3 is 6.18 Å². The van der Waals surface area contributed by atoms with Crippen molar-refractivity contribution >= 4 is 0 Å². The Labute approximate surface area is 120 Å². The summed E-state index contributed by atoms with van der Waals surface area (Å²) in [6.07, 6.45) is 2.79. The van der Waals surface area contributed by atoms with E-state index in [9.17, 15) is 13.2 Å². The summed E-state index contributed by atoms with van der Waals surface area (Å²) in [5.41, 5.74) is 0.0537. The summed E-state index contributed by atoms with van der Waals surface area (Å²) in [6, 6.07) is 0.567. The van der Waals surface area contributed by atoms with Gasteiger partial charge in [-0.3, -0.25) is 4.90 Å². The third kappa shape index (κ3) is 4.92. The Hall–Kier alpha value is -0.290. The highest BCUT2D eigenvalue weighted by Crippen LogP contribution is 2.40. The molecule has 0 saturated heterocycles. The molecule has 0 heterocycles. The Bertz CT molecular complexity index is 305. The molecule has 0 atom stereocenters. The molecular formula is C15H27F3N2. The summed E-state index contributed by atoms with van der Waals surface area (Å²) in [5.74, 6) is 0. The lowest BCUT2D eigenvalue weighted by Gasteiger charge is -2.38. The fourth-order valence-electron chi connectivity index (χ4n) is 3.25. The van der Waals surface area contributed by atoms with Crippen LogP contribution in [0.15, 0.2) is 0 Å². The van der Waals surface area contributed by atoms with Gasteiger partial charge < -0.3 is 5.32 Å². The van der Waals surface area contributed by atoms with E-state index < -0.39 is 12.7 Å². The summed E-state index contributed by atoms with van der Waals surface area (Å²) < 4.78 is 38.2. The lowest BCUT2D eigenvalue weighted by molar-refractivity contribution is -0.153. The van der Waals surface area contributed by atoms with E-state index in [1.807, 2.05) is 13.8 Å². The molecule has 0 aromatic carbocycles. The van der Waals surface area contributed by atoms with Crippen molar-refractivity contribution in [1.29, 1.82) is 0 Å².